The molecule has 2 unspecified atom stereocenters. The molecule has 2 N–H and O–H groups in total. The highest BCUT2D eigenvalue weighted by Crippen LogP contribution is 2.27. The van der Waals surface area contributed by atoms with E-state index in [1.807, 2.05) is 0 Å². The summed E-state index contributed by atoms with van der Waals surface area (Å²) in [6.07, 6.45) is 6.98. The second-order valence-electron chi connectivity index (χ2n) is 5.89. The number of piperidine rings is 1. The van der Waals surface area contributed by atoms with Crippen molar-refractivity contribution in [2.24, 2.45) is 5.92 Å². The van der Waals surface area contributed by atoms with Crippen molar-refractivity contribution in [2.75, 3.05) is 24.5 Å². The lowest BCUT2D eigenvalue weighted by Crippen LogP contribution is -2.45. The molecule has 2 aromatic rings. The molecule has 1 saturated heterocycles. The Morgan fingerprint density at radius 3 is 3.19 bits per heavy atom. The average molecular weight is 288 g/mol. The van der Waals surface area contributed by atoms with E-state index in [1.54, 1.807) is 12.7 Å². The predicted molar refractivity (Wildman–Crippen MR) is 84.4 cm³/mol. The first kappa shape index (κ1) is 14.3. The van der Waals surface area contributed by atoms with Gasteiger partial charge >= 0.3 is 0 Å². The molecule has 0 bridgehead atoms. The van der Waals surface area contributed by atoms with Crippen LogP contribution in [-0.2, 0) is 0 Å². The first-order chi connectivity index (χ1) is 10.3. The van der Waals surface area contributed by atoms with Gasteiger partial charge in [0.25, 0.3) is 0 Å². The smallest absolute Gasteiger partial charge is 0.182 e. The van der Waals surface area contributed by atoms with Crippen molar-refractivity contribution in [3.05, 3.63) is 12.7 Å². The monoisotopic (exact) mass is 288 g/mol. The van der Waals surface area contributed by atoms with Gasteiger partial charge in [-0.1, -0.05) is 6.92 Å². The highest BCUT2D eigenvalue weighted by Gasteiger charge is 2.26. The molecule has 0 saturated carbocycles. The van der Waals surface area contributed by atoms with Crippen molar-refractivity contribution in [2.45, 2.75) is 39.2 Å². The van der Waals surface area contributed by atoms with Crippen LogP contribution in [0, 0.1) is 5.92 Å². The number of nitrogens with one attached hydrogen (secondary N) is 2. The van der Waals surface area contributed by atoms with Crippen LogP contribution in [0.2, 0.25) is 0 Å². The Balaban J connectivity index is 1.75. The summed E-state index contributed by atoms with van der Waals surface area (Å²) in [6.45, 7) is 7.71. The van der Waals surface area contributed by atoms with Gasteiger partial charge < -0.3 is 15.2 Å². The maximum Gasteiger partial charge on any atom is 0.182 e. The quantitative estimate of drug-likeness (QED) is 0.880. The third kappa shape index (κ3) is 3.00. The standard InChI is InChI=1S/C15H24N6/c1-3-6-16-11(2)12-5-4-7-21(8-12)15-13-14(18-9-17-13)19-10-20-15/h9-12,16H,3-8H2,1-2H3,(H,17,18,19,20). The van der Waals surface area contributed by atoms with Crippen LogP contribution >= 0.6 is 0 Å². The molecule has 1 aliphatic heterocycles. The molecule has 114 valence electrons. The van der Waals surface area contributed by atoms with Gasteiger partial charge in [0, 0.05) is 19.1 Å². The van der Waals surface area contributed by atoms with Gasteiger partial charge in [-0.2, -0.15) is 0 Å². The van der Waals surface area contributed by atoms with Crippen LogP contribution in [0.5, 0.6) is 0 Å². The van der Waals surface area contributed by atoms with Gasteiger partial charge in [0.15, 0.2) is 11.5 Å². The van der Waals surface area contributed by atoms with Crippen LogP contribution in [0.25, 0.3) is 11.2 Å². The van der Waals surface area contributed by atoms with Crippen LogP contribution in [0.3, 0.4) is 0 Å². The Hall–Kier alpha value is -1.69. The minimum atomic E-state index is 0.548. The highest BCUT2D eigenvalue weighted by atomic mass is 15.2. The van der Waals surface area contributed by atoms with E-state index in [0.29, 0.717) is 12.0 Å². The number of anilines is 1. The number of fused-ring (bicyclic) bond motifs is 1. The van der Waals surface area contributed by atoms with Crippen molar-refractivity contribution >= 4 is 17.0 Å². The van der Waals surface area contributed by atoms with Gasteiger partial charge in [-0.3, -0.25) is 0 Å². The molecule has 6 nitrogen and oxygen atoms in total. The molecule has 1 fully saturated rings. The van der Waals surface area contributed by atoms with Crippen molar-refractivity contribution in [1.82, 2.24) is 25.3 Å². The predicted octanol–water partition coefficient (Wildman–Crippen LogP) is 1.96. The number of aromatic nitrogens is 4. The van der Waals surface area contributed by atoms with Gasteiger partial charge in [-0.05, 0) is 38.6 Å². The lowest BCUT2D eigenvalue weighted by Gasteiger charge is -2.36. The Kier molecular flexibility index (Phi) is 4.34. The van der Waals surface area contributed by atoms with Gasteiger partial charge in [-0.15, -0.1) is 0 Å². The van der Waals surface area contributed by atoms with E-state index in [1.165, 1.54) is 19.3 Å². The minimum Gasteiger partial charge on any atom is -0.354 e. The van der Waals surface area contributed by atoms with E-state index in [9.17, 15) is 0 Å². The Labute approximate surface area is 125 Å². The third-order valence-electron chi connectivity index (χ3n) is 4.38. The lowest BCUT2D eigenvalue weighted by atomic mass is 9.91. The number of hydrogen-bond donors (Lipinski definition) is 2. The third-order valence-corrected chi connectivity index (χ3v) is 4.38. The second-order valence-corrected chi connectivity index (χ2v) is 5.89. The van der Waals surface area contributed by atoms with Gasteiger partial charge in [-0.25, -0.2) is 15.0 Å². The van der Waals surface area contributed by atoms with E-state index < -0.39 is 0 Å². The number of hydrogen-bond acceptors (Lipinski definition) is 5. The topological polar surface area (TPSA) is 69.7 Å². The molecule has 0 amide bonds. The van der Waals surface area contributed by atoms with E-state index in [-0.39, 0.29) is 0 Å². The van der Waals surface area contributed by atoms with Crippen molar-refractivity contribution < 1.29 is 0 Å². The Morgan fingerprint density at radius 1 is 1.43 bits per heavy atom. The summed E-state index contributed by atoms with van der Waals surface area (Å²) in [7, 11) is 0. The van der Waals surface area contributed by atoms with Crippen LogP contribution in [0.1, 0.15) is 33.1 Å². The summed E-state index contributed by atoms with van der Waals surface area (Å²) in [4.78, 5) is 18.4. The first-order valence-corrected chi connectivity index (χ1v) is 7.92. The van der Waals surface area contributed by atoms with Gasteiger partial charge in [0.1, 0.15) is 11.8 Å². The molecule has 0 spiro atoms. The molecule has 0 aliphatic carbocycles. The molecule has 3 heterocycles. The van der Waals surface area contributed by atoms with Crippen LogP contribution in [0.4, 0.5) is 5.82 Å². The number of imidazole rings is 1. The lowest BCUT2D eigenvalue weighted by molar-refractivity contribution is 0.320. The molecule has 1 aliphatic rings. The normalized spacial score (nSPS) is 20.9. The van der Waals surface area contributed by atoms with Crippen LogP contribution < -0.4 is 10.2 Å². The van der Waals surface area contributed by atoms with Crippen LogP contribution in [0.15, 0.2) is 12.7 Å². The summed E-state index contributed by atoms with van der Waals surface area (Å²) in [6, 6.07) is 0.548. The molecular formula is C15H24N6. The van der Waals surface area contributed by atoms with E-state index >= 15 is 0 Å². The van der Waals surface area contributed by atoms with E-state index in [4.69, 9.17) is 0 Å². The molecular weight excluding hydrogens is 264 g/mol. The fraction of sp³-hybridized carbons (Fsp3) is 0.667. The molecule has 3 rings (SSSR count). The Bertz CT molecular complexity index is 580. The molecule has 21 heavy (non-hydrogen) atoms. The zero-order chi connectivity index (χ0) is 14.7. The Morgan fingerprint density at radius 2 is 2.33 bits per heavy atom. The second kappa shape index (κ2) is 6.39. The highest BCUT2D eigenvalue weighted by molar-refractivity contribution is 5.82. The molecule has 2 atom stereocenters. The fourth-order valence-electron chi connectivity index (χ4n) is 3.14. The van der Waals surface area contributed by atoms with Gasteiger partial charge in [0.05, 0.1) is 6.33 Å². The largest absolute Gasteiger partial charge is 0.354 e. The summed E-state index contributed by atoms with van der Waals surface area (Å²) < 4.78 is 0. The summed E-state index contributed by atoms with van der Waals surface area (Å²) >= 11 is 0. The minimum absolute atomic E-state index is 0.548. The SMILES string of the molecule is CCCNC(C)C1CCCN(c2ncnc3nc[nH]c23)C1. The summed E-state index contributed by atoms with van der Waals surface area (Å²) in [5.74, 6) is 1.66. The number of aromatic amines is 1. The molecule has 0 aromatic carbocycles. The number of nitrogens with zero attached hydrogens (tertiary/aromatic N) is 4. The number of rotatable bonds is 5. The zero-order valence-electron chi connectivity index (χ0n) is 12.8. The van der Waals surface area contributed by atoms with Crippen molar-refractivity contribution in [3.8, 4) is 0 Å². The maximum absolute atomic E-state index is 4.48. The van der Waals surface area contributed by atoms with Crippen LogP contribution in [-0.4, -0.2) is 45.6 Å². The fourth-order valence-corrected chi connectivity index (χ4v) is 3.14. The summed E-state index contributed by atoms with van der Waals surface area (Å²) in [5, 5.41) is 3.63. The van der Waals surface area contributed by atoms with Gasteiger partial charge in [0.2, 0.25) is 0 Å². The molecule has 2 aromatic heterocycles. The average Bonchev–Trinajstić information content (AvgIpc) is 3.01. The van der Waals surface area contributed by atoms with E-state index in [2.05, 4.69) is 44.0 Å². The summed E-state index contributed by atoms with van der Waals surface area (Å²) in [5.41, 5.74) is 1.70. The maximum atomic E-state index is 4.48. The molecule has 0 radical (unpaired) electrons. The first-order valence-electron chi connectivity index (χ1n) is 7.92. The zero-order valence-corrected chi connectivity index (χ0v) is 12.8. The van der Waals surface area contributed by atoms with Crippen molar-refractivity contribution in [3.63, 3.8) is 0 Å². The van der Waals surface area contributed by atoms with E-state index in [0.717, 1.165) is 36.6 Å². The van der Waals surface area contributed by atoms with Crippen molar-refractivity contribution in [1.29, 1.82) is 0 Å². The molecule has 6 heteroatoms. The number of H-pyrrole nitrogens is 1.